The minimum atomic E-state index is -0.872. The highest BCUT2D eigenvalue weighted by atomic mass is 16.6. The maximum Gasteiger partial charge on any atom is 0.350 e. The first-order valence-electron chi connectivity index (χ1n) is 5.59. The summed E-state index contributed by atoms with van der Waals surface area (Å²) in [5.41, 5.74) is 0.111. The van der Waals surface area contributed by atoms with Crippen molar-refractivity contribution in [2.24, 2.45) is 0 Å². The van der Waals surface area contributed by atoms with E-state index in [9.17, 15) is 4.79 Å². The number of fused-ring (bicyclic) bond motifs is 1. The van der Waals surface area contributed by atoms with Crippen LogP contribution >= 0.6 is 0 Å². The minimum Gasteiger partial charge on any atom is -0.497 e. The normalized spacial score (nSPS) is 21.6. The summed E-state index contributed by atoms with van der Waals surface area (Å²) in [6.45, 7) is 1.92. The molecule has 1 unspecified atom stereocenters. The van der Waals surface area contributed by atoms with Crippen LogP contribution in [-0.2, 0) is 16.0 Å². The van der Waals surface area contributed by atoms with E-state index in [-0.39, 0.29) is 5.97 Å². The molecule has 92 valence electrons. The standard InChI is InChI=1S/C13H16O4/c1-4-13(12(14)16-3)8-9-7-10(15-2)5-6-11(9)17-13/h5-7H,4,8H2,1-3H3. The van der Waals surface area contributed by atoms with Gasteiger partial charge >= 0.3 is 5.97 Å². The topological polar surface area (TPSA) is 44.8 Å². The highest BCUT2D eigenvalue weighted by molar-refractivity contribution is 5.81. The van der Waals surface area contributed by atoms with E-state index in [1.165, 1.54) is 7.11 Å². The molecule has 0 radical (unpaired) electrons. The summed E-state index contributed by atoms with van der Waals surface area (Å²) >= 11 is 0. The lowest BCUT2D eigenvalue weighted by molar-refractivity contribution is -0.157. The van der Waals surface area contributed by atoms with Gasteiger partial charge < -0.3 is 14.2 Å². The van der Waals surface area contributed by atoms with Crippen molar-refractivity contribution in [3.05, 3.63) is 23.8 Å². The zero-order valence-electron chi connectivity index (χ0n) is 10.3. The summed E-state index contributed by atoms with van der Waals surface area (Å²) < 4.78 is 15.7. The Morgan fingerprint density at radius 3 is 2.82 bits per heavy atom. The van der Waals surface area contributed by atoms with Crippen LogP contribution in [0.2, 0.25) is 0 Å². The first kappa shape index (κ1) is 11.8. The van der Waals surface area contributed by atoms with Gasteiger partial charge in [-0.15, -0.1) is 0 Å². The Hall–Kier alpha value is -1.71. The molecule has 1 aliphatic heterocycles. The summed E-state index contributed by atoms with van der Waals surface area (Å²) in [7, 11) is 3.00. The van der Waals surface area contributed by atoms with Crippen molar-refractivity contribution in [2.45, 2.75) is 25.4 Å². The largest absolute Gasteiger partial charge is 0.497 e. The summed E-state index contributed by atoms with van der Waals surface area (Å²) in [6, 6.07) is 5.55. The molecule has 1 aliphatic rings. The third-order valence-electron chi connectivity index (χ3n) is 3.18. The van der Waals surface area contributed by atoms with Crippen LogP contribution in [0.4, 0.5) is 0 Å². The maximum atomic E-state index is 11.8. The van der Waals surface area contributed by atoms with Gasteiger partial charge in [-0.3, -0.25) is 0 Å². The molecule has 17 heavy (non-hydrogen) atoms. The van der Waals surface area contributed by atoms with Crippen molar-refractivity contribution in [3.8, 4) is 11.5 Å². The molecule has 0 N–H and O–H groups in total. The van der Waals surface area contributed by atoms with Crippen molar-refractivity contribution in [1.29, 1.82) is 0 Å². The fraction of sp³-hybridized carbons (Fsp3) is 0.462. The molecule has 0 aromatic heterocycles. The fourth-order valence-corrected chi connectivity index (χ4v) is 2.12. The number of carbonyl (C=O) groups excluding carboxylic acids is 1. The van der Waals surface area contributed by atoms with E-state index >= 15 is 0 Å². The summed E-state index contributed by atoms with van der Waals surface area (Å²) in [4.78, 5) is 11.8. The number of hydrogen-bond donors (Lipinski definition) is 0. The van der Waals surface area contributed by atoms with Crippen LogP contribution in [0.5, 0.6) is 11.5 Å². The minimum absolute atomic E-state index is 0.324. The second-order valence-electron chi connectivity index (χ2n) is 4.09. The average Bonchev–Trinajstić information content (AvgIpc) is 2.76. The Morgan fingerprint density at radius 2 is 2.24 bits per heavy atom. The van der Waals surface area contributed by atoms with Crippen molar-refractivity contribution in [1.82, 2.24) is 0 Å². The molecule has 1 aromatic carbocycles. The molecule has 2 rings (SSSR count). The summed E-state index contributed by atoms with van der Waals surface area (Å²) in [6.07, 6.45) is 1.11. The molecule has 0 saturated carbocycles. The van der Waals surface area contributed by atoms with E-state index in [1.807, 2.05) is 25.1 Å². The predicted molar refractivity (Wildman–Crippen MR) is 62.4 cm³/mol. The number of carbonyl (C=O) groups is 1. The Kier molecular flexibility index (Phi) is 2.96. The zero-order chi connectivity index (χ0) is 12.5. The molecule has 1 aromatic rings. The van der Waals surface area contributed by atoms with E-state index in [2.05, 4.69) is 0 Å². The molecule has 4 heteroatoms. The van der Waals surface area contributed by atoms with Gasteiger partial charge in [0.25, 0.3) is 0 Å². The van der Waals surface area contributed by atoms with E-state index in [1.54, 1.807) is 7.11 Å². The van der Waals surface area contributed by atoms with Crippen molar-refractivity contribution in [3.63, 3.8) is 0 Å². The van der Waals surface area contributed by atoms with E-state index in [0.29, 0.717) is 12.8 Å². The van der Waals surface area contributed by atoms with Crippen LogP contribution in [0.3, 0.4) is 0 Å². The van der Waals surface area contributed by atoms with Gasteiger partial charge in [0.15, 0.2) is 0 Å². The molecule has 1 atom stereocenters. The Balaban J connectivity index is 2.33. The quantitative estimate of drug-likeness (QED) is 0.752. The van der Waals surface area contributed by atoms with Gasteiger partial charge in [0, 0.05) is 12.0 Å². The number of hydrogen-bond acceptors (Lipinski definition) is 4. The lowest BCUT2D eigenvalue weighted by Crippen LogP contribution is -2.43. The molecular weight excluding hydrogens is 220 g/mol. The molecule has 0 bridgehead atoms. The van der Waals surface area contributed by atoms with Crippen LogP contribution in [0.1, 0.15) is 18.9 Å². The Labute approximate surface area is 100 Å². The van der Waals surface area contributed by atoms with Gasteiger partial charge in [-0.1, -0.05) is 6.92 Å². The number of rotatable bonds is 3. The fourth-order valence-electron chi connectivity index (χ4n) is 2.12. The van der Waals surface area contributed by atoms with Crippen LogP contribution in [0.15, 0.2) is 18.2 Å². The smallest absolute Gasteiger partial charge is 0.350 e. The maximum absolute atomic E-state index is 11.8. The van der Waals surface area contributed by atoms with Gasteiger partial charge in [-0.25, -0.2) is 4.79 Å². The molecule has 0 amide bonds. The molecule has 4 nitrogen and oxygen atoms in total. The highest BCUT2D eigenvalue weighted by Gasteiger charge is 2.46. The van der Waals surface area contributed by atoms with Crippen molar-refractivity contribution < 1.29 is 19.0 Å². The van der Waals surface area contributed by atoms with Crippen molar-refractivity contribution in [2.75, 3.05) is 14.2 Å². The van der Waals surface area contributed by atoms with E-state index in [4.69, 9.17) is 14.2 Å². The van der Waals surface area contributed by atoms with Gasteiger partial charge in [0.05, 0.1) is 14.2 Å². The van der Waals surface area contributed by atoms with E-state index in [0.717, 1.165) is 17.1 Å². The number of methoxy groups -OCH3 is 2. The third kappa shape index (κ3) is 1.84. The van der Waals surface area contributed by atoms with Gasteiger partial charge in [-0.2, -0.15) is 0 Å². The number of benzene rings is 1. The van der Waals surface area contributed by atoms with Crippen LogP contribution in [-0.4, -0.2) is 25.8 Å². The molecule has 0 fully saturated rings. The van der Waals surface area contributed by atoms with Gasteiger partial charge in [0.1, 0.15) is 11.5 Å². The summed E-state index contributed by atoms with van der Waals surface area (Å²) in [5, 5.41) is 0. The Bertz CT molecular complexity index is 441. The summed E-state index contributed by atoms with van der Waals surface area (Å²) in [5.74, 6) is 1.18. The van der Waals surface area contributed by atoms with Gasteiger partial charge in [0.2, 0.25) is 5.60 Å². The second kappa shape index (κ2) is 4.28. The zero-order valence-corrected chi connectivity index (χ0v) is 10.3. The van der Waals surface area contributed by atoms with Crippen LogP contribution in [0.25, 0.3) is 0 Å². The Morgan fingerprint density at radius 1 is 1.47 bits per heavy atom. The molecule has 1 heterocycles. The first-order chi connectivity index (χ1) is 8.15. The molecule has 0 saturated heterocycles. The molecular formula is C13H16O4. The number of ether oxygens (including phenoxy) is 3. The predicted octanol–water partition coefficient (Wildman–Crippen LogP) is 1.95. The monoisotopic (exact) mass is 236 g/mol. The average molecular weight is 236 g/mol. The molecule has 0 aliphatic carbocycles. The van der Waals surface area contributed by atoms with Crippen LogP contribution < -0.4 is 9.47 Å². The van der Waals surface area contributed by atoms with E-state index < -0.39 is 5.60 Å². The first-order valence-corrected chi connectivity index (χ1v) is 5.59. The lowest BCUT2D eigenvalue weighted by Gasteiger charge is -2.23. The molecule has 0 spiro atoms. The van der Waals surface area contributed by atoms with Crippen molar-refractivity contribution >= 4 is 5.97 Å². The third-order valence-corrected chi connectivity index (χ3v) is 3.18. The van der Waals surface area contributed by atoms with Gasteiger partial charge in [-0.05, 0) is 24.6 Å². The SMILES string of the molecule is CCC1(C(=O)OC)Cc2cc(OC)ccc2O1. The highest BCUT2D eigenvalue weighted by Crippen LogP contribution is 2.39. The number of esters is 1. The van der Waals surface area contributed by atoms with Crippen LogP contribution in [0, 0.1) is 0 Å². The lowest BCUT2D eigenvalue weighted by atomic mass is 9.94. The second-order valence-corrected chi connectivity index (χ2v) is 4.09.